The van der Waals surface area contributed by atoms with Crippen LogP contribution in [0.3, 0.4) is 0 Å². The van der Waals surface area contributed by atoms with Crippen LogP contribution in [-0.2, 0) is 14.8 Å². The molecular weight excluding hydrogens is 374 g/mol. The largest absolute Gasteiger partial charge is 0.493 e. The number of ether oxygens (including phenoxy) is 2. The van der Waals surface area contributed by atoms with E-state index in [1.165, 1.54) is 17.5 Å². The summed E-state index contributed by atoms with van der Waals surface area (Å²) < 4.78 is 35.0. The Balaban J connectivity index is 1.89. The predicted octanol–water partition coefficient (Wildman–Crippen LogP) is 0.527. The molecule has 1 aromatic rings. The SMILES string of the molecule is CCOc1ccc(C(=O)NNC(=O)C2CCN(S(C)(=O)=O)CC2)cc1OC. The predicted molar refractivity (Wildman–Crippen MR) is 98.9 cm³/mol. The zero-order chi connectivity index (χ0) is 20.0. The van der Waals surface area contributed by atoms with E-state index in [4.69, 9.17) is 9.47 Å². The number of rotatable bonds is 6. The molecule has 150 valence electrons. The van der Waals surface area contributed by atoms with E-state index in [1.54, 1.807) is 12.1 Å². The minimum absolute atomic E-state index is 0.293. The van der Waals surface area contributed by atoms with Crippen molar-refractivity contribution in [3.63, 3.8) is 0 Å². The summed E-state index contributed by atoms with van der Waals surface area (Å²) >= 11 is 0. The van der Waals surface area contributed by atoms with E-state index >= 15 is 0 Å². The van der Waals surface area contributed by atoms with Crippen LogP contribution < -0.4 is 20.3 Å². The van der Waals surface area contributed by atoms with Crippen molar-refractivity contribution in [2.75, 3.05) is 33.1 Å². The van der Waals surface area contributed by atoms with Gasteiger partial charge >= 0.3 is 0 Å². The third kappa shape index (κ3) is 5.57. The molecule has 1 aromatic carbocycles. The number of nitrogens with zero attached hydrogens (tertiary/aromatic N) is 1. The first-order valence-electron chi connectivity index (χ1n) is 8.62. The Bertz CT molecular complexity index is 788. The summed E-state index contributed by atoms with van der Waals surface area (Å²) in [4.78, 5) is 24.5. The van der Waals surface area contributed by atoms with Gasteiger partial charge in [-0.2, -0.15) is 0 Å². The first kappa shape index (κ1) is 21.0. The maximum absolute atomic E-state index is 12.2. The third-order valence-corrected chi connectivity index (χ3v) is 5.62. The van der Waals surface area contributed by atoms with E-state index in [-0.39, 0.29) is 11.8 Å². The zero-order valence-electron chi connectivity index (χ0n) is 15.6. The lowest BCUT2D eigenvalue weighted by atomic mass is 9.98. The van der Waals surface area contributed by atoms with Gasteiger partial charge in [-0.15, -0.1) is 0 Å². The number of carbonyl (C=O) groups is 2. The number of hydrazine groups is 1. The fourth-order valence-corrected chi connectivity index (χ4v) is 3.70. The van der Waals surface area contributed by atoms with Gasteiger partial charge in [0.2, 0.25) is 15.9 Å². The van der Waals surface area contributed by atoms with Gasteiger partial charge in [-0.3, -0.25) is 20.4 Å². The fourth-order valence-electron chi connectivity index (χ4n) is 2.83. The van der Waals surface area contributed by atoms with Crippen molar-refractivity contribution in [3.05, 3.63) is 23.8 Å². The Hall–Kier alpha value is -2.33. The van der Waals surface area contributed by atoms with E-state index in [1.807, 2.05) is 6.92 Å². The van der Waals surface area contributed by atoms with Crippen LogP contribution in [0.5, 0.6) is 11.5 Å². The summed E-state index contributed by atoms with van der Waals surface area (Å²) in [7, 11) is -1.77. The Morgan fingerprint density at radius 2 is 1.85 bits per heavy atom. The van der Waals surface area contributed by atoms with Gasteiger partial charge in [0.1, 0.15) is 0 Å². The Kier molecular flexibility index (Phi) is 7.03. The average molecular weight is 399 g/mol. The first-order chi connectivity index (χ1) is 12.8. The molecule has 0 atom stereocenters. The Morgan fingerprint density at radius 1 is 1.19 bits per heavy atom. The van der Waals surface area contributed by atoms with Gasteiger partial charge in [0.25, 0.3) is 5.91 Å². The maximum atomic E-state index is 12.2. The van der Waals surface area contributed by atoms with Crippen LogP contribution in [0.4, 0.5) is 0 Å². The van der Waals surface area contributed by atoms with Gasteiger partial charge in [-0.25, -0.2) is 12.7 Å². The summed E-state index contributed by atoms with van der Waals surface area (Å²) in [5, 5.41) is 0. The summed E-state index contributed by atoms with van der Waals surface area (Å²) in [5.74, 6) is -0.229. The topological polar surface area (TPSA) is 114 Å². The second-order valence-corrected chi connectivity index (χ2v) is 8.16. The molecule has 9 nitrogen and oxygen atoms in total. The van der Waals surface area contributed by atoms with Crippen LogP contribution in [0.2, 0.25) is 0 Å². The van der Waals surface area contributed by atoms with E-state index in [9.17, 15) is 18.0 Å². The summed E-state index contributed by atoms with van der Waals surface area (Å²) in [6.45, 7) is 2.90. The highest BCUT2D eigenvalue weighted by Gasteiger charge is 2.29. The van der Waals surface area contributed by atoms with Gasteiger partial charge in [0.15, 0.2) is 11.5 Å². The van der Waals surface area contributed by atoms with Crippen LogP contribution in [-0.4, -0.2) is 57.6 Å². The molecule has 2 rings (SSSR count). The number of nitrogens with one attached hydrogen (secondary N) is 2. The number of hydrogen-bond acceptors (Lipinski definition) is 6. The fraction of sp³-hybridized carbons (Fsp3) is 0.529. The molecule has 10 heteroatoms. The van der Waals surface area contributed by atoms with Gasteiger partial charge in [-0.05, 0) is 38.0 Å². The lowest BCUT2D eigenvalue weighted by molar-refractivity contribution is -0.126. The van der Waals surface area contributed by atoms with Crippen molar-refractivity contribution >= 4 is 21.8 Å². The maximum Gasteiger partial charge on any atom is 0.269 e. The number of amides is 2. The van der Waals surface area contributed by atoms with Crippen molar-refractivity contribution in [1.29, 1.82) is 0 Å². The standard InChI is InChI=1S/C17H25N3O6S/c1-4-26-14-6-5-13(11-15(14)25-2)17(22)19-18-16(21)12-7-9-20(10-8-12)27(3,23)24/h5-6,11-12H,4,7-10H2,1-3H3,(H,18,21)(H,19,22). The number of methoxy groups -OCH3 is 1. The van der Waals surface area contributed by atoms with Crippen LogP contribution in [0.1, 0.15) is 30.1 Å². The van der Waals surface area contributed by atoms with E-state index < -0.39 is 15.9 Å². The second kappa shape index (κ2) is 9.05. The van der Waals surface area contributed by atoms with Crippen molar-refractivity contribution in [2.45, 2.75) is 19.8 Å². The molecule has 0 unspecified atom stereocenters. The smallest absolute Gasteiger partial charge is 0.269 e. The van der Waals surface area contributed by atoms with E-state index in [0.29, 0.717) is 49.6 Å². The first-order valence-corrected chi connectivity index (χ1v) is 10.5. The quantitative estimate of drug-likeness (QED) is 0.675. The van der Waals surface area contributed by atoms with Gasteiger partial charge in [-0.1, -0.05) is 0 Å². The number of hydrogen-bond donors (Lipinski definition) is 2. The van der Waals surface area contributed by atoms with E-state index in [0.717, 1.165) is 6.26 Å². The normalized spacial score (nSPS) is 15.8. The number of piperidine rings is 1. The molecule has 1 fully saturated rings. The molecule has 1 heterocycles. The second-order valence-electron chi connectivity index (χ2n) is 6.18. The molecule has 0 spiro atoms. The summed E-state index contributed by atoms with van der Waals surface area (Å²) in [6.07, 6.45) is 1.97. The molecule has 2 amide bonds. The minimum Gasteiger partial charge on any atom is -0.493 e. The van der Waals surface area contributed by atoms with Gasteiger partial charge in [0.05, 0.1) is 20.0 Å². The van der Waals surface area contributed by atoms with Crippen LogP contribution in [0.25, 0.3) is 0 Å². The van der Waals surface area contributed by atoms with Gasteiger partial charge in [0, 0.05) is 24.6 Å². The molecular formula is C17H25N3O6S. The highest BCUT2D eigenvalue weighted by Crippen LogP contribution is 2.28. The molecule has 0 aliphatic carbocycles. The monoisotopic (exact) mass is 399 g/mol. The van der Waals surface area contributed by atoms with Crippen molar-refractivity contribution < 1.29 is 27.5 Å². The van der Waals surface area contributed by atoms with Crippen molar-refractivity contribution in [2.24, 2.45) is 5.92 Å². The van der Waals surface area contributed by atoms with Crippen LogP contribution in [0.15, 0.2) is 18.2 Å². The van der Waals surface area contributed by atoms with E-state index in [2.05, 4.69) is 10.9 Å². The number of sulfonamides is 1. The molecule has 0 bridgehead atoms. The van der Waals surface area contributed by atoms with Crippen molar-refractivity contribution in [1.82, 2.24) is 15.2 Å². The molecule has 1 aliphatic heterocycles. The Labute approximate surface area is 159 Å². The molecule has 0 radical (unpaired) electrons. The number of benzene rings is 1. The molecule has 27 heavy (non-hydrogen) atoms. The third-order valence-electron chi connectivity index (χ3n) is 4.32. The highest BCUT2D eigenvalue weighted by atomic mass is 32.2. The molecule has 0 saturated carbocycles. The average Bonchev–Trinajstić information content (AvgIpc) is 2.65. The number of carbonyl (C=O) groups excluding carboxylic acids is 2. The summed E-state index contributed by atoms with van der Waals surface area (Å²) in [5.41, 5.74) is 5.08. The minimum atomic E-state index is -3.24. The lowest BCUT2D eigenvalue weighted by Gasteiger charge is -2.29. The molecule has 1 saturated heterocycles. The lowest BCUT2D eigenvalue weighted by Crippen LogP contribution is -2.48. The molecule has 0 aromatic heterocycles. The Morgan fingerprint density at radius 3 is 2.41 bits per heavy atom. The summed E-state index contributed by atoms with van der Waals surface area (Å²) in [6, 6.07) is 4.72. The molecule has 1 aliphatic rings. The van der Waals surface area contributed by atoms with Crippen LogP contribution >= 0.6 is 0 Å². The van der Waals surface area contributed by atoms with Crippen LogP contribution in [0, 0.1) is 5.92 Å². The van der Waals surface area contributed by atoms with Crippen molar-refractivity contribution in [3.8, 4) is 11.5 Å². The molecule has 2 N–H and O–H groups in total. The highest BCUT2D eigenvalue weighted by molar-refractivity contribution is 7.88. The van der Waals surface area contributed by atoms with Gasteiger partial charge < -0.3 is 9.47 Å². The zero-order valence-corrected chi connectivity index (χ0v) is 16.5.